The van der Waals surface area contributed by atoms with Gasteiger partial charge in [-0.3, -0.25) is 4.68 Å². The molecule has 0 spiro atoms. The summed E-state index contributed by atoms with van der Waals surface area (Å²) in [4.78, 5) is 4.43. The van der Waals surface area contributed by atoms with Crippen LogP contribution in [0.1, 0.15) is 51.7 Å². The molecule has 5 heteroatoms. The van der Waals surface area contributed by atoms with Crippen molar-refractivity contribution in [2.45, 2.75) is 53.2 Å². The molecule has 0 saturated heterocycles. The standard InChI is InChI=1S/C16H27N5/c1-5-14(4)21-8-6-15(19-21)12-20-9-7-18-16(20)11-17-10-13(2)3/h6-9,13-14,17H,5,10-12H2,1-4H3. The summed E-state index contributed by atoms with van der Waals surface area (Å²) >= 11 is 0. The number of hydrogen-bond acceptors (Lipinski definition) is 3. The minimum absolute atomic E-state index is 0.453. The summed E-state index contributed by atoms with van der Waals surface area (Å²) in [6, 6.07) is 2.55. The lowest BCUT2D eigenvalue weighted by Gasteiger charge is -2.10. The molecule has 0 saturated carbocycles. The Bertz CT molecular complexity index is 540. The minimum Gasteiger partial charge on any atom is -0.328 e. The zero-order chi connectivity index (χ0) is 15.2. The summed E-state index contributed by atoms with van der Waals surface area (Å²) in [5.41, 5.74) is 1.08. The molecule has 2 aromatic rings. The SMILES string of the molecule is CCC(C)n1ccc(Cn2ccnc2CNCC(C)C)n1. The van der Waals surface area contributed by atoms with Crippen LogP contribution in [0.2, 0.25) is 0 Å². The summed E-state index contributed by atoms with van der Waals surface area (Å²) in [5, 5.41) is 8.09. The van der Waals surface area contributed by atoms with Crippen LogP contribution in [-0.4, -0.2) is 25.9 Å². The van der Waals surface area contributed by atoms with Crippen molar-refractivity contribution < 1.29 is 0 Å². The highest BCUT2D eigenvalue weighted by molar-refractivity contribution is 5.04. The molecule has 1 N–H and O–H groups in total. The number of hydrogen-bond donors (Lipinski definition) is 1. The van der Waals surface area contributed by atoms with Crippen molar-refractivity contribution in [1.82, 2.24) is 24.6 Å². The predicted octanol–water partition coefficient (Wildman–Crippen LogP) is 2.84. The third-order valence-electron chi connectivity index (χ3n) is 3.68. The van der Waals surface area contributed by atoms with Crippen LogP contribution in [0.15, 0.2) is 24.7 Å². The van der Waals surface area contributed by atoms with Gasteiger partial charge in [0, 0.05) is 24.6 Å². The second-order valence-corrected chi connectivity index (χ2v) is 6.04. The molecule has 0 amide bonds. The van der Waals surface area contributed by atoms with E-state index in [2.05, 4.69) is 59.9 Å². The number of nitrogens with zero attached hydrogens (tertiary/aromatic N) is 4. The third kappa shape index (κ3) is 4.43. The molecule has 2 aromatic heterocycles. The fraction of sp³-hybridized carbons (Fsp3) is 0.625. The molecule has 0 aliphatic heterocycles. The van der Waals surface area contributed by atoms with E-state index in [0.717, 1.165) is 37.6 Å². The number of nitrogens with one attached hydrogen (secondary N) is 1. The number of imidazole rings is 1. The van der Waals surface area contributed by atoms with E-state index in [1.165, 1.54) is 0 Å². The summed E-state index contributed by atoms with van der Waals surface area (Å²) < 4.78 is 4.21. The van der Waals surface area contributed by atoms with E-state index < -0.39 is 0 Å². The van der Waals surface area contributed by atoms with Crippen LogP contribution in [0.4, 0.5) is 0 Å². The van der Waals surface area contributed by atoms with Gasteiger partial charge in [0.25, 0.3) is 0 Å². The monoisotopic (exact) mass is 289 g/mol. The summed E-state index contributed by atoms with van der Waals surface area (Å²) in [6.45, 7) is 11.4. The van der Waals surface area contributed by atoms with Gasteiger partial charge in [0.1, 0.15) is 5.82 Å². The first-order valence-electron chi connectivity index (χ1n) is 7.85. The zero-order valence-corrected chi connectivity index (χ0v) is 13.6. The van der Waals surface area contributed by atoms with E-state index in [1.807, 2.05) is 17.1 Å². The molecule has 2 heterocycles. The van der Waals surface area contributed by atoms with Crippen molar-refractivity contribution >= 4 is 0 Å². The molecule has 0 aromatic carbocycles. The average molecular weight is 289 g/mol. The van der Waals surface area contributed by atoms with Gasteiger partial charge in [-0.2, -0.15) is 5.10 Å². The quantitative estimate of drug-likeness (QED) is 0.813. The topological polar surface area (TPSA) is 47.7 Å². The molecule has 0 bridgehead atoms. The molecular formula is C16H27N5. The molecule has 0 aliphatic rings. The first-order chi connectivity index (χ1) is 10.1. The van der Waals surface area contributed by atoms with Crippen molar-refractivity contribution in [1.29, 1.82) is 0 Å². The molecular weight excluding hydrogens is 262 g/mol. The second-order valence-electron chi connectivity index (χ2n) is 6.04. The maximum atomic E-state index is 4.65. The van der Waals surface area contributed by atoms with E-state index in [-0.39, 0.29) is 0 Å². The van der Waals surface area contributed by atoms with Gasteiger partial charge in [0.2, 0.25) is 0 Å². The van der Waals surface area contributed by atoms with Crippen molar-refractivity contribution in [2.75, 3.05) is 6.54 Å². The second kappa shape index (κ2) is 7.41. The summed E-state index contributed by atoms with van der Waals surface area (Å²) in [6.07, 6.45) is 7.04. The Morgan fingerprint density at radius 1 is 1.24 bits per heavy atom. The lowest BCUT2D eigenvalue weighted by atomic mass is 10.2. The highest BCUT2D eigenvalue weighted by atomic mass is 15.3. The van der Waals surface area contributed by atoms with Crippen LogP contribution >= 0.6 is 0 Å². The molecule has 1 atom stereocenters. The van der Waals surface area contributed by atoms with Crippen molar-refractivity contribution in [3.05, 3.63) is 36.2 Å². The largest absolute Gasteiger partial charge is 0.328 e. The number of aromatic nitrogens is 4. The van der Waals surface area contributed by atoms with Crippen LogP contribution in [0, 0.1) is 5.92 Å². The Kier molecular flexibility index (Phi) is 5.56. The Hall–Kier alpha value is -1.62. The van der Waals surface area contributed by atoms with E-state index >= 15 is 0 Å². The van der Waals surface area contributed by atoms with Crippen LogP contribution in [-0.2, 0) is 13.1 Å². The van der Waals surface area contributed by atoms with Gasteiger partial charge in [0.05, 0.1) is 18.8 Å². The molecule has 116 valence electrons. The van der Waals surface area contributed by atoms with Crippen molar-refractivity contribution in [2.24, 2.45) is 5.92 Å². The van der Waals surface area contributed by atoms with E-state index in [9.17, 15) is 0 Å². The third-order valence-corrected chi connectivity index (χ3v) is 3.68. The Labute approximate surface area is 127 Å². The van der Waals surface area contributed by atoms with Crippen LogP contribution in [0.5, 0.6) is 0 Å². The van der Waals surface area contributed by atoms with Crippen molar-refractivity contribution in [3.63, 3.8) is 0 Å². The maximum Gasteiger partial charge on any atom is 0.123 e. The Balaban J connectivity index is 1.96. The van der Waals surface area contributed by atoms with E-state index in [1.54, 1.807) is 0 Å². The van der Waals surface area contributed by atoms with Gasteiger partial charge >= 0.3 is 0 Å². The van der Waals surface area contributed by atoms with Crippen LogP contribution in [0.25, 0.3) is 0 Å². The highest BCUT2D eigenvalue weighted by Gasteiger charge is 2.08. The molecule has 0 radical (unpaired) electrons. The Morgan fingerprint density at radius 3 is 2.76 bits per heavy atom. The van der Waals surface area contributed by atoms with E-state index in [0.29, 0.717) is 12.0 Å². The molecule has 5 nitrogen and oxygen atoms in total. The fourth-order valence-corrected chi connectivity index (χ4v) is 2.19. The highest BCUT2D eigenvalue weighted by Crippen LogP contribution is 2.10. The van der Waals surface area contributed by atoms with Gasteiger partial charge in [-0.1, -0.05) is 20.8 Å². The molecule has 0 fully saturated rings. The smallest absolute Gasteiger partial charge is 0.123 e. The Morgan fingerprint density at radius 2 is 2.05 bits per heavy atom. The molecule has 21 heavy (non-hydrogen) atoms. The average Bonchev–Trinajstić information content (AvgIpc) is 3.08. The normalized spacial score (nSPS) is 13.0. The van der Waals surface area contributed by atoms with Gasteiger partial charge in [0.15, 0.2) is 0 Å². The van der Waals surface area contributed by atoms with Crippen LogP contribution in [0.3, 0.4) is 0 Å². The van der Waals surface area contributed by atoms with E-state index in [4.69, 9.17) is 0 Å². The van der Waals surface area contributed by atoms with Gasteiger partial charge < -0.3 is 9.88 Å². The fourth-order valence-electron chi connectivity index (χ4n) is 2.19. The lowest BCUT2D eigenvalue weighted by molar-refractivity contribution is 0.471. The maximum absolute atomic E-state index is 4.65. The lowest BCUT2D eigenvalue weighted by Crippen LogP contribution is -2.21. The first-order valence-corrected chi connectivity index (χ1v) is 7.85. The minimum atomic E-state index is 0.453. The summed E-state index contributed by atoms with van der Waals surface area (Å²) in [7, 11) is 0. The van der Waals surface area contributed by atoms with Gasteiger partial charge in [-0.25, -0.2) is 4.98 Å². The summed E-state index contributed by atoms with van der Waals surface area (Å²) in [5.74, 6) is 1.72. The predicted molar refractivity (Wildman–Crippen MR) is 85.1 cm³/mol. The first kappa shape index (κ1) is 15.8. The molecule has 0 aliphatic carbocycles. The molecule has 2 rings (SSSR count). The number of rotatable bonds is 8. The molecule has 1 unspecified atom stereocenters. The van der Waals surface area contributed by atoms with Gasteiger partial charge in [-0.05, 0) is 31.9 Å². The van der Waals surface area contributed by atoms with Crippen molar-refractivity contribution in [3.8, 4) is 0 Å². The zero-order valence-electron chi connectivity index (χ0n) is 13.6. The van der Waals surface area contributed by atoms with Gasteiger partial charge in [-0.15, -0.1) is 0 Å². The van der Waals surface area contributed by atoms with Crippen LogP contribution < -0.4 is 5.32 Å².